The van der Waals surface area contributed by atoms with Crippen molar-refractivity contribution in [3.8, 4) is 0 Å². The van der Waals surface area contributed by atoms with Crippen LogP contribution in [-0.4, -0.2) is 10.1 Å². The van der Waals surface area contributed by atoms with E-state index >= 15 is 0 Å². The molecule has 2 aromatic carbocycles. The van der Waals surface area contributed by atoms with Crippen molar-refractivity contribution in [2.24, 2.45) is 5.92 Å². The van der Waals surface area contributed by atoms with Crippen LogP contribution < -0.4 is 0 Å². The molecule has 0 bridgehead atoms. The van der Waals surface area contributed by atoms with Crippen molar-refractivity contribution >= 4 is 21.8 Å². The molecular weight excluding hydrogens is 222 g/mol. The van der Waals surface area contributed by atoms with E-state index in [9.17, 15) is 5.11 Å². The van der Waals surface area contributed by atoms with Crippen molar-refractivity contribution in [3.63, 3.8) is 0 Å². The second kappa shape index (κ2) is 3.59. The lowest BCUT2D eigenvalue weighted by molar-refractivity contribution is 0.154. The van der Waals surface area contributed by atoms with Crippen LogP contribution in [0.3, 0.4) is 0 Å². The third-order valence-corrected chi connectivity index (χ3v) is 3.94. The lowest BCUT2D eigenvalue weighted by atomic mass is 10.0. The number of fused-ring (bicyclic) bond motifs is 3. The van der Waals surface area contributed by atoms with Crippen molar-refractivity contribution in [1.82, 2.24) is 4.98 Å². The second-order valence-corrected chi connectivity index (χ2v) is 5.26. The third-order valence-electron chi connectivity index (χ3n) is 3.94. The van der Waals surface area contributed by atoms with Gasteiger partial charge in [-0.05, 0) is 42.5 Å². The van der Waals surface area contributed by atoms with Crippen LogP contribution >= 0.6 is 0 Å². The summed E-state index contributed by atoms with van der Waals surface area (Å²) in [4.78, 5) is 3.41. The van der Waals surface area contributed by atoms with Crippen molar-refractivity contribution in [2.75, 3.05) is 0 Å². The predicted octanol–water partition coefficient (Wildman–Crippen LogP) is 3.76. The van der Waals surface area contributed by atoms with Crippen LogP contribution in [0.15, 0.2) is 42.5 Å². The van der Waals surface area contributed by atoms with E-state index in [0.717, 1.165) is 29.4 Å². The first kappa shape index (κ1) is 10.2. The summed E-state index contributed by atoms with van der Waals surface area (Å²) < 4.78 is 0. The lowest BCUT2D eigenvalue weighted by Gasteiger charge is -2.09. The largest absolute Gasteiger partial charge is 0.388 e. The number of aliphatic hydroxyl groups is 1. The molecule has 2 nitrogen and oxygen atoms in total. The van der Waals surface area contributed by atoms with E-state index in [2.05, 4.69) is 35.3 Å². The maximum absolute atomic E-state index is 10.2. The number of rotatable bonds is 2. The minimum atomic E-state index is -0.289. The van der Waals surface area contributed by atoms with Gasteiger partial charge in [0, 0.05) is 21.8 Å². The average molecular weight is 237 g/mol. The molecule has 1 aromatic heterocycles. The minimum absolute atomic E-state index is 0.289. The zero-order chi connectivity index (χ0) is 12.1. The van der Waals surface area contributed by atoms with E-state index in [1.807, 2.05) is 12.1 Å². The van der Waals surface area contributed by atoms with Gasteiger partial charge in [0.15, 0.2) is 0 Å². The number of para-hydroxylation sites is 1. The molecule has 1 atom stereocenters. The zero-order valence-electron chi connectivity index (χ0n) is 10.1. The summed E-state index contributed by atoms with van der Waals surface area (Å²) >= 11 is 0. The topological polar surface area (TPSA) is 36.0 Å². The number of nitrogens with one attached hydrogen (secondary N) is 1. The quantitative estimate of drug-likeness (QED) is 0.699. The Labute approximate surface area is 105 Å². The van der Waals surface area contributed by atoms with Gasteiger partial charge in [-0.3, -0.25) is 0 Å². The van der Waals surface area contributed by atoms with Crippen LogP contribution in [0.25, 0.3) is 21.8 Å². The molecule has 1 fully saturated rings. The monoisotopic (exact) mass is 237 g/mol. The molecule has 4 rings (SSSR count). The first-order valence-corrected chi connectivity index (χ1v) is 6.51. The van der Waals surface area contributed by atoms with Gasteiger partial charge < -0.3 is 10.1 Å². The van der Waals surface area contributed by atoms with Crippen molar-refractivity contribution in [1.29, 1.82) is 0 Å². The number of benzene rings is 2. The molecule has 0 radical (unpaired) electrons. The van der Waals surface area contributed by atoms with Gasteiger partial charge in [-0.15, -0.1) is 0 Å². The Kier molecular flexibility index (Phi) is 2.03. The van der Waals surface area contributed by atoms with E-state index in [1.165, 1.54) is 10.8 Å². The molecule has 2 N–H and O–H groups in total. The summed E-state index contributed by atoms with van der Waals surface area (Å²) in [5.41, 5.74) is 3.35. The summed E-state index contributed by atoms with van der Waals surface area (Å²) in [5, 5.41) is 12.7. The molecule has 2 heteroatoms. The number of aromatic amines is 1. The molecule has 1 aliphatic carbocycles. The van der Waals surface area contributed by atoms with Crippen LogP contribution in [0.4, 0.5) is 0 Å². The number of hydrogen-bond acceptors (Lipinski definition) is 1. The average Bonchev–Trinajstić information content (AvgIpc) is 3.18. The van der Waals surface area contributed by atoms with E-state index in [1.54, 1.807) is 0 Å². The molecule has 3 aromatic rings. The molecule has 1 aliphatic rings. The van der Waals surface area contributed by atoms with Gasteiger partial charge in [-0.25, -0.2) is 0 Å². The maximum Gasteiger partial charge on any atom is 0.0818 e. The Balaban J connectivity index is 1.94. The van der Waals surface area contributed by atoms with Crippen LogP contribution in [0, 0.1) is 5.92 Å². The van der Waals surface area contributed by atoms with Crippen molar-refractivity contribution in [2.45, 2.75) is 18.9 Å². The number of aromatic nitrogens is 1. The number of hydrogen-bond donors (Lipinski definition) is 2. The standard InChI is InChI=1S/C16H15NO/c18-16(10-5-6-10)11-7-8-15-13(9-11)12-3-1-2-4-14(12)17-15/h1-4,7-10,16-18H,5-6H2. The number of H-pyrrole nitrogens is 1. The molecule has 1 heterocycles. The van der Waals surface area contributed by atoms with E-state index < -0.39 is 0 Å². The Hall–Kier alpha value is -1.80. The molecule has 90 valence electrons. The Bertz CT molecular complexity index is 724. The number of aliphatic hydroxyl groups excluding tert-OH is 1. The highest BCUT2D eigenvalue weighted by Gasteiger charge is 2.30. The normalized spacial score (nSPS) is 17.4. The lowest BCUT2D eigenvalue weighted by Crippen LogP contribution is -1.98. The fourth-order valence-electron chi connectivity index (χ4n) is 2.73. The smallest absolute Gasteiger partial charge is 0.0818 e. The Morgan fingerprint density at radius 2 is 1.78 bits per heavy atom. The summed E-state index contributed by atoms with van der Waals surface area (Å²) in [6, 6.07) is 14.6. The van der Waals surface area contributed by atoms with Gasteiger partial charge in [-0.1, -0.05) is 24.3 Å². The van der Waals surface area contributed by atoms with Gasteiger partial charge in [0.1, 0.15) is 0 Å². The summed E-state index contributed by atoms with van der Waals surface area (Å²) in [6.45, 7) is 0. The highest BCUT2D eigenvalue weighted by molar-refractivity contribution is 6.07. The second-order valence-electron chi connectivity index (χ2n) is 5.26. The summed E-state index contributed by atoms with van der Waals surface area (Å²) in [5.74, 6) is 0.479. The molecule has 1 unspecified atom stereocenters. The fourth-order valence-corrected chi connectivity index (χ4v) is 2.73. The predicted molar refractivity (Wildman–Crippen MR) is 73.5 cm³/mol. The van der Waals surface area contributed by atoms with Crippen molar-refractivity contribution in [3.05, 3.63) is 48.0 Å². The SMILES string of the molecule is OC(c1ccc2[nH]c3ccccc3c2c1)C1CC1. The summed E-state index contributed by atoms with van der Waals surface area (Å²) in [7, 11) is 0. The molecular formula is C16H15NO. The maximum atomic E-state index is 10.2. The van der Waals surface area contributed by atoms with Gasteiger partial charge in [0.25, 0.3) is 0 Å². The third kappa shape index (κ3) is 1.46. The van der Waals surface area contributed by atoms with E-state index in [0.29, 0.717) is 5.92 Å². The molecule has 0 amide bonds. The van der Waals surface area contributed by atoms with E-state index in [-0.39, 0.29) is 6.10 Å². The van der Waals surface area contributed by atoms with Gasteiger partial charge >= 0.3 is 0 Å². The fraction of sp³-hybridized carbons (Fsp3) is 0.250. The molecule has 0 spiro atoms. The van der Waals surface area contributed by atoms with Crippen LogP contribution in [0.5, 0.6) is 0 Å². The Morgan fingerprint density at radius 3 is 2.61 bits per heavy atom. The highest BCUT2D eigenvalue weighted by Crippen LogP contribution is 2.41. The van der Waals surface area contributed by atoms with Gasteiger partial charge in [0.2, 0.25) is 0 Å². The van der Waals surface area contributed by atoms with Gasteiger partial charge in [-0.2, -0.15) is 0 Å². The van der Waals surface area contributed by atoms with Crippen LogP contribution in [-0.2, 0) is 0 Å². The Morgan fingerprint density at radius 1 is 1.00 bits per heavy atom. The first-order valence-electron chi connectivity index (χ1n) is 6.51. The molecule has 18 heavy (non-hydrogen) atoms. The minimum Gasteiger partial charge on any atom is -0.388 e. The van der Waals surface area contributed by atoms with Gasteiger partial charge in [0.05, 0.1) is 6.10 Å². The van der Waals surface area contributed by atoms with Crippen molar-refractivity contribution < 1.29 is 5.11 Å². The first-order chi connectivity index (χ1) is 8.83. The molecule has 0 saturated heterocycles. The van der Waals surface area contributed by atoms with Crippen LogP contribution in [0.2, 0.25) is 0 Å². The molecule has 1 saturated carbocycles. The van der Waals surface area contributed by atoms with E-state index in [4.69, 9.17) is 0 Å². The molecule has 0 aliphatic heterocycles. The van der Waals surface area contributed by atoms with Crippen LogP contribution in [0.1, 0.15) is 24.5 Å². The summed E-state index contributed by atoms with van der Waals surface area (Å²) in [6.07, 6.45) is 2.03. The zero-order valence-corrected chi connectivity index (χ0v) is 10.1. The highest BCUT2D eigenvalue weighted by atomic mass is 16.3.